The van der Waals surface area contributed by atoms with Crippen molar-refractivity contribution in [3.05, 3.63) is 46.5 Å². The third-order valence-electron chi connectivity index (χ3n) is 5.23. The van der Waals surface area contributed by atoms with Crippen molar-refractivity contribution in [2.75, 3.05) is 27.2 Å². The molecule has 2 N–H and O–H groups in total. The van der Waals surface area contributed by atoms with Gasteiger partial charge in [0.05, 0.1) is 18.2 Å². The molecule has 1 fully saturated rings. The minimum Gasteiger partial charge on any atom is -0.469 e. The summed E-state index contributed by atoms with van der Waals surface area (Å²) in [6.45, 7) is 1.96. The van der Waals surface area contributed by atoms with E-state index in [0.717, 1.165) is 50.4 Å². The Kier molecular flexibility index (Phi) is 9.48. The van der Waals surface area contributed by atoms with Crippen molar-refractivity contribution < 1.29 is 9.21 Å². The monoisotopic (exact) mass is 530 g/mol. The molecule has 0 aromatic carbocycles. The maximum absolute atomic E-state index is 12.8. The Hall–Kier alpha value is -1.55. The summed E-state index contributed by atoms with van der Waals surface area (Å²) < 4.78 is 5.40. The van der Waals surface area contributed by atoms with Crippen molar-refractivity contribution in [1.82, 2.24) is 15.5 Å². The van der Waals surface area contributed by atoms with E-state index in [9.17, 15) is 4.79 Å². The zero-order valence-corrected chi connectivity index (χ0v) is 20.3. The average Bonchev–Trinajstić information content (AvgIpc) is 3.46. The maximum atomic E-state index is 12.8. The van der Waals surface area contributed by atoms with Crippen LogP contribution in [0, 0.1) is 5.41 Å². The second-order valence-corrected chi connectivity index (χ2v) is 8.57. The quantitative estimate of drug-likeness (QED) is 0.309. The van der Waals surface area contributed by atoms with E-state index in [4.69, 9.17) is 9.41 Å². The van der Waals surface area contributed by atoms with Crippen LogP contribution in [0.5, 0.6) is 0 Å². The number of halogens is 1. The van der Waals surface area contributed by atoms with Gasteiger partial charge in [0.25, 0.3) is 0 Å². The number of carbonyl (C=O) groups is 1. The van der Waals surface area contributed by atoms with Crippen LogP contribution in [0.2, 0.25) is 0 Å². The van der Waals surface area contributed by atoms with Gasteiger partial charge in [0, 0.05) is 38.5 Å². The van der Waals surface area contributed by atoms with Crippen LogP contribution in [0.1, 0.15) is 36.3 Å². The molecule has 0 unspecified atom stereocenters. The highest BCUT2D eigenvalue weighted by Gasteiger charge is 2.42. The first kappa shape index (κ1) is 23.7. The number of hydrogen-bond acceptors (Lipinski definition) is 4. The minimum absolute atomic E-state index is 0. The Balaban J connectivity index is 0.00000300. The van der Waals surface area contributed by atoms with E-state index in [0.29, 0.717) is 13.1 Å². The second kappa shape index (κ2) is 11.6. The smallest absolute Gasteiger partial charge is 0.230 e. The van der Waals surface area contributed by atoms with Crippen molar-refractivity contribution >= 4 is 47.2 Å². The summed E-state index contributed by atoms with van der Waals surface area (Å²) in [5.41, 5.74) is -0.324. The molecule has 2 aromatic heterocycles. The van der Waals surface area contributed by atoms with Gasteiger partial charge < -0.3 is 20.0 Å². The summed E-state index contributed by atoms with van der Waals surface area (Å²) in [5, 5.41) is 8.90. The molecule has 6 nitrogen and oxygen atoms in total. The highest BCUT2D eigenvalue weighted by Crippen LogP contribution is 2.38. The summed E-state index contributed by atoms with van der Waals surface area (Å²) in [6.07, 6.45) is 6.55. The SMILES string of the molecule is CN(C)C(=O)C1(CNC(=NCc2cccs2)NCCc2ccco2)CCCC1.I. The van der Waals surface area contributed by atoms with E-state index in [1.165, 1.54) is 4.88 Å². The molecule has 1 saturated carbocycles. The lowest BCUT2D eigenvalue weighted by atomic mass is 9.84. The van der Waals surface area contributed by atoms with Gasteiger partial charge >= 0.3 is 0 Å². The van der Waals surface area contributed by atoms with E-state index in [1.54, 1.807) is 22.5 Å². The number of guanidine groups is 1. The lowest BCUT2D eigenvalue weighted by Gasteiger charge is -2.31. The molecule has 2 aromatic rings. The van der Waals surface area contributed by atoms with Crippen LogP contribution in [0.25, 0.3) is 0 Å². The fourth-order valence-electron chi connectivity index (χ4n) is 3.74. The Labute approximate surface area is 194 Å². The van der Waals surface area contributed by atoms with Crippen molar-refractivity contribution in [3.63, 3.8) is 0 Å². The highest BCUT2D eigenvalue weighted by molar-refractivity contribution is 14.0. The molecule has 0 radical (unpaired) electrons. The van der Waals surface area contributed by atoms with Crippen LogP contribution in [0.3, 0.4) is 0 Å². The molecule has 8 heteroatoms. The summed E-state index contributed by atoms with van der Waals surface area (Å²) in [6, 6.07) is 8.00. The number of amides is 1. The highest BCUT2D eigenvalue weighted by atomic mass is 127. The van der Waals surface area contributed by atoms with Gasteiger partial charge in [-0.2, -0.15) is 0 Å². The average molecular weight is 530 g/mol. The third-order valence-corrected chi connectivity index (χ3v) is 6.09. The second-order valence-electron chi connectivity index (χ2n) is 7.54. The molecule has 2 heterocycles. The standard InChI is InChI=1S/C21H30N4O2S.HI/c1-25(2)19(26)21(10-3-4-11-21)16-24-20(23-15-18-8-6-14-28-18)22-12-9-17-7-5-13-27-17;/h5-8,13-14H,3-4,9-12,15-16H2,1-2H3,(H2,22,23,24);1H. The molecule has 1 amide bonds. The van der Waals surface area contributed by atoms with Crippen molar-refractivity contribution in [1.29, 1.82) is 0 Å². The zero-order valence-electron chi connectivity index (χ0n) is 17.1. The number of nitrogens with one attached hydrogen (secondary N) is 2. The Morgan fingerprint density at radius 2 is 2.03 bits per heavy atom. The van der Waals surface area contributed by atoms with Gasteiger partial charge in [0.2, 0.25) is 5.91 Å². The Morgan fingerprint density at radius 3 is 2.66 bits per heavy atom. The first-order valence-corrected chi connectivity index (χ1v) is 10.8. The van der Waals surface area contributed by atoms with Gasteiger partial charge in [0.1, 0.15) is 5.76 Å². The van der Waals surface area contributed by atoms with Gasteiger partial charge in [-0.3, -0.25) is 4.79 Å². The van der Waals surface area contributed by atoms with Crippen LogP contribution in [-0.2, 0) is 17.8 Å². The molecule has 1 aliphatic carbocycles. The lowest BCUT2D eigenvalue weighted by Crippen LogP contribution is -2.49. The number of nitrogens with zero attached hydrogens (tertiary/aromatic N) is 2. The fraction of sp³-hybridized carbons (Fsp3) is 0.524. The molecule has 1 aliphatic rings. The van der Waals surface area contributed by atoms with Gasteiger partial charge in [-0.1, -0.05) is 18.9 Å². The molecule has 0 aliphatic heterocycles. The normalized spacial score (nSPS) is 15.6. The van der Waals surface area contributed by atoms with Crippen molar-refractivity contribution in [2.45, 2.75) is 38.6 Å². The van der Waals surface area contributed by atoms with E-state index >= 15 is 0 Å². The molecule has 29 heavy (non-hydrogen) atoms. The number of aliphatic imine (C=N–C) groups is 1. The number of rotatable bonds is 8. The number of carbonyl (C=O) groups excluding carboxylic acids is 1. The van der Waals surface area contributed by atoms with Gasteiger partial charge in [-0.05, 0) is 36.4 Å². The Bertz CT molecular complexity index is 754. The predicted octanol–water partition coefficient (Wildman–Crippen LogP) is 3.89. The molecule has 0 atom stereocenters. The summed E-state index contributed by atoms with van der Waals surface area (Å²) in [5.74, 6) is 1.91. The van der Waals surface area contributed by atoms with Crippen LogP contribution >= 0.6 is 35.3 Å². The van der Waals surface area contributed by atoms with Crippen LogP contribution < -0.4 is 10.6 Å². The van der Waals surface area contributed by atoms with Crippen molar-refractivity contribution in [2.24, 2.45) is 10.4 Å². The predicted molar refractivity (Wildman–Crippen MR) is 129 cm³/mol. The summed E-state index contributed by atoms with van der Waals surface area (Å²) >= 11 is 1.70. The van der Waals surface area contributed by atoms with Crippen LogP contribution in [-0.4, -0.2) is 44.0 Å². The first-order chi connectivity index (χ1) is 13.6. The van der Waals surface area contributed by atoms with E-state index in [-0.39, 0.29) is 35.3 Å². The molecule has 0 saturated heterocycles. The molecular formula is C21H31IN4O2S. The molecule has 0 spiro atoms. The van der Waals surface area contributed by atoms with Crippen molar-refractivity contribution in [3.8, 4) is 0 Å². The molecule has 0 bridgehead atoms. The van der Waals surface area contributed by atoms with Gasteiger partial charge in [-0.15, -0.1) is 35.3 Å². The van der Waals surface area contributed by atoms with Gasteiger partial charge in [-0.25, -0.2) is 4.99 Å². The van der Waals surface area contributed by atoms with Gasteiger partial charge in [0.15, 0.2) is 5.96 Å². The number of hydrogen-bond donors (Lipinski definition) is 2. The maximum Gasteiger partial charge on any atom is 0.230 e. The zero-order chi connectivity index (χ0) is 19.8. The van der Waals surface area contributed by atoms with E-state index in [2.05, 4.69) is 22.1 Å². The fourth-order valence-corrected chi connectivity index (χ4v) is 4.37. The van der Waals surface area contributed by atoms with E-state index in [1.807, 2.05) is 32.3 Å². The topological polar surface area (TPSA) is 69.9 Å². The first-order valence-electron chi connectivity index (χ1n) is 9.88. The number of furan rings is 1. The number of thiophene rings is 1. The summed E-state index contributed by atoms with van der Waals surface area (Å²) in [4.78, 5) is 20.5. The van der Waals surface area contributed by atoms with Crippen LogP contribution in [0.4, 0.5) is 0 Å². The third kappa shape index (κ3) is 6.74. The molecular weight excluding hydrogens is 499 g/mol. The summed E-state index contributed by atoms with van der Waals surface area (Å²) in [7, 11) is 3.69. The lowest BCUT2D eigenvalue weighted by molar-refractivity contribution is -0.138. The largest absolute Gasteiger partial charge is 0.469 e. The Morgan fingerprint density at radius 1 is 1.24 bits per heavy atom. The van der Waals surface area contributed by atoms with E-state index < -0.39 is 0 Å². The minimum atomic E-state index is -0.324. The molecule has 160 valence electrons. The van der Waals surface area contributed by atoms with Crippen LogP contribution in [0.15, 0.2) is 45.3 Å². The molecule has 3 rings (SSSR count).